The lowest BCUT2D eigenvalue weighted by molar-refractivity contribution is -0.119. The molecule has 7 heteroatoms. The van der Waals surface area contributed by atoms with Crippen LogP contribution >= 0.6 is 0 Å². The Balaban J connectivity index is 0.00000112. The van der Waals surface area contributed by atoms with Gasteiger partial charge in [-0.15, -0.1) is 0 Å². The van der Waals surface area contributed by atoms with Gasteiger partial charge < -0.3 is 10.1 Å². The number of benzene rings is 1. The molecule has 1 saturated carbocycles. The minimum atomic E-state index is -0.0652. The first-order valence-electron chi connectivity index (χ1n) is 11.4. The zero-order chi connectivity index (χ0) is 22.1. The van der Waals surface area contributed by atoms with E-state index in [1.165, 1.54) is 12.8 Å². The third-order valence-electron chi connectivity index (χ3n) is 6.28. The SMILES string of the molecule is CC.Cc1c2c(O[C@H](C)[C@H]3CNC(=O)C3)cc(-c3cnn(CC4CC4)c3)cc2nn1C. The van der Waals surface area contributed by atoms with Gasteiger partial charge in [-0.25, -0.2) is 0 Å². The van der Waals surface area contributed by atoms with Crippen LogP contribution in [0.1, 0.15) is 45.7 Å². The van der Waals surface area contributed by atoms with Crippen molar-refractivity contribution in [3.8, 4) is 16.9 Å². The summed E-state index contributed by atoms with van der Waals surface area (Å²) in [4.78, 5) is 11.6. The number of hydrogen-bond acceptors (Lipinski definition) is 4. The molecule has 0 unspecified atom stereocenters. The number of carbonyl (C=O) groups is 1. The van der Waals surface area contributed by atoms with E-state index in [0.717, 1.165) is 45.9 Å². The molecule has 2 fully saturated rings. The van der Waals surface area contributed by atoms with Crippen molar-refractivity contribution in [2.24, 2.45) is 18.9 Å². The van der Waals surface area contributed by atoms with Crippen LogP contribution < -0.4 is 10.1 Å². The number of aryl methyl sites for hydroxylation is 2. The molecule has 3 heterocycles. The lowest BCUT2D eigenvalue weighted by Gasteiger charge is -2.20. The van der Waals surface area contributed by atoms with Crippen molar-refractivity contribution >= 4 is 16.8 Å². The van der Waals surface area contributed by atoms with Crippen molar-refractivity contribution in [2.45, 2.75) is 59.6 Å². The number of rotatable bonds is 6. The molecule has 2 atom stereocenters. The molecule has 7 nitrogen and oxygen atoms in total. The average molecular weight is 424 g/mol. The van der Waals surface area contributed by atoms with Crippen LogP contribution in [-0.4, -0.2) is 38.1 Å². The summed E-state index contributed by atoms with van der Waals surface area (Å²) in [6.45, 7) is 9.76. The Morgan fingerprint density at radius 1 is 1.26 bits per heavy atom. The van der Waals surface area contributed by atoms with Gasteiger partial charge in [-0.05, 0) is 50.3 Å². The van der Waals surface area contributed by atoms with Crippen LogP contribution in [-0.2, 0) is 18.4 Å². The van der Waals surface area contributed by atoms with Gasteiger partial charge in [-0.2, -0.15) is 10.2 Å². The number of carbonyl (C=O) groups excluding carboxylic acids is 1. The highest BCUT2D eigenvalue weighted by atomic mass is 16.5. The molecule has 1 aromatic carbocycles. The number of amides is 1. The number of ether oxygens (including phenoxy) is 1. The zero-order valence-corrected chi connectivity index (χ0v) is 19.2. The highest BCUT2D eigenvalue weighted by molar-refractivity contribution is 5.92. The van der Waals surface area contributed by atoms with E-state index in [-0.39, 0.29) is 17.9 Å². The summed E-state index contributed by atoms with van der Waals surface area (Å²) in [5.41, 5.74) is 4.12. The minimum absolute atomic E-state index is 0.0652. The van der Waals surface area contributed by atoms with E-state index in [9.17, 15) is 4.79 Å². The summed E-state index contributed by atoms with van der Waals surface area (Å²) < 4.78 is 10.4. The van der Waals surface area contributed by atoms with Crippen molar-refractivity contribution in [2.75, 3.05) is 6.54 Å². The average Bonchev–Trinajstić information content (AvgIpc) is 3.13. The van der Waals surface area contributed by atoms with Crippen molar-refractivity contribution in [1.82, 2.24) is 24.9 Å². The molecule has 0 spiro atoms. The molecule has 2 aromatic heterocycles. The number of fused-ring (bicyclic) bond motifs is 1. The molecule has 1 aliphatic heterocycles. The highest BCUT2D eigenvalue weighted by Crippen LogP contribution is 2.36. The molecular weight excluding hydrogens is 390 g/mol. The summed E-state index contributed by atoms with van der Waals surface area (Å²) >= 11 is 0. The van der Waals surface area contributed by atoms with Crippen molar-refractivity contribution in [3.63, 3.8) is 0 Å². The molecule has 5 rings (SSSR count). The van der Waals surface area contributed by atoms with E-state index in [0.29, 0.717) is 13.0 Å². The fourth-order valence-corrected chi connectivity index (χ4v) is 4.13. The highest BCUT2D eigenvalue weighted by Gasteiger charge is 2.29. The third-order valence-corrected chi connectivity index (χ3v) is 6.28. The van der Waals surface area contributed by atoms with E-state index in [4.69, 9.17) is 4.74 Å². The van der Waals surface area contributed by atoms with E-state index in [1.54, 1.807) is 0 Å². The Hall–Kier alpha value is -2.83. The molecule has 1 saturated heterocycles. The second-order valence-corrected chi connectivity index (χ2v) is 8.56. The standard InChI is InChI=1S/C22H27N5O2.C2H6/c1-13-22-19(25-26(13)3)6-16(18-10-24-27(12-18)11-15-4-5-15)7-20(22)29-14(2)17-8-21(28)23-9-17;1-2/h6-7,10,12,14-15,17H,4-5,8-9,11H2,1-3H3,(H,23,28);1-2H3/t14-,17-;/m1./s1. The van der Waals surface area contributed by atoms with Gasteiger partial charge in [0, 0.05) is 49.9 Å². The topological polar surface area (TPSA) is 74.0 Å². The molecule has 31 heavy (non-hydrogen) atoms. The second kappa shape index (κ2) is 8.73. The van der Waals surface area contributed by atoms with E-state index in [2.05, 4.69) is 40.8 Å². The summed E-state index contributed by atoms with van der Waals surface area (Å²) in [5.74, 6) is 1.89. The lowest BCUT2D eigenvalue weighted by atomic mass is 10.0. The number of aromatic nitrogens is 4. The predicted octanol–water partition coefficient (Wildman–Crippen LogP) is 4.08. The number of nitrogens with zero attached hydrogens (tertiary/aromatic N) is 4. The number of hydrogen-bond donors (Lipinski definition) is 1. The van der Waals surface area contributed by atoms with Gasteiger partial charge in [0.1, 0.15) is 11.9 Å². The Bertz CT molecular complexity index is 1080. The zero-order valence-electron chi connectivity index (χ0n) is 19.2. The molecule has 166 valence electrons. The normalized spacial score (nSPS) is 19.1. The van der Waals surface area contributed by atoms with Crippen LogP contribution in [0, 0.1) is 18.8 Å². The van der Waals surface area contributed by atoms with Crippen LogP contribution in [0.5, 0.6) is 5.75 Å². The molecule has 2 aliphatic rings. The maximum absolute atomic E-state index is 11.6. The first kappa shape index (κ1) is 21.4. The fraction of sp³-hybridized carbons (Fsp3) is 0.542. The molecule has 0 radical (unpaired) electrons. The largest absolute Gasteiger partial charge is 0.490 e. The van der Waals surface area contributed by atoms with Crippen LogP contribution in [0.25, 0.3) is 22.0 Å². The van der Waals surface area contributed by atoms with Gasteiger partial charge in [0.05, 0.1) is 17.1 Å². The van der Waals surface area contributed by atoms with Crippen molar-refractivity contribution in [1.29, 1.82) is 0 Å². The maximum atomic E-state index is 11.6. The molecule has 1 N–H and O–H groups in total. The molecule has 0 bridgehead atoms. The summed E-state index contributed by atoms with van der Waals surface area (Å²) in [6, 6.07) is 4.20. The van der Waals surface area contributed by atoms with Crippen LogP contribution in [0.15, 0.2) is 24.5 Å². The van der Waals surface area contributed by atoms with E-state index < -0.39 is 0 Å². The van der Waals surface area contributed by atoms with Gasteiger partial charge in [-0.1, -0.05) is 13.8 Å². The maximum Gasteiger partial charge on any atom is 0.220 e. The molecule has 1 amide bonds. The Morgan fingerprint density at radius 2 is 2.03 bits per heavy atom. The Morgan fingerprint density at radius 3 is 2.71 bits per heavy atom. The summed E-state index contributed by atoms with van der Waals surface area (Å²) in [5, 5.41) is 13.2. The van der Waals surface area contributed by atoms with Gasteiger partial charge in [0.25, 0.3) is 0 Å². The van der Waals surface area contributed by atoms with E-state index in [1.807, 2.05) is 43.4 Å². The smallest absolute Gasteiger partial charge is 0.220 e. The molecular formula is C24H33N5O2. The fourth-order valence-electron chi connectivity index (χ4n) is 4.13. The van der Waals surface area contributed by atoms with Gasteiger partial charge in [-0.3, -0.25) is 14.2 Å². The monoisotopic (exact) mass is 423 g/mol. The van der Waals surface area contributed by atoms with Crippen molar-refractivity contribution in [3.05, 3.63) is 30.2 Å². The Kier molecular flexibility index (Phi) is 6.03. The summed E-state index contributed by atoms with van der Waals surface area (Å²) in [6.07, 6.45) is 7.11. The quantitative estimate of drug-likeness (QED) is 0.648. The predicted molar refractivity (Wildman–Crippen MR) is 122 cm³/mol. The first-order chi connectivity index (χ1) is 15.0. The van der Waals surface area contributed by atoms with Crippen LogP contribution in [0.2, 0.25) is 0 Å². The molecule has 3 aromatic rings. The lowest BCUT2D eigenvalue weighted by Crippen LogP contribution is -2.25. The summed E-state index contributed by atoms with van der Waals surface area (Å²) in [7, 11) is 1.95. The van der Waals surface area contributed by atoms with Crippen LogP contribution in [0.4, 0.5) is 0 Å². The number of nitrogens with one attached hydrogen (secondary N) is 1. The van der Waals surface area contributed by atoms with Gasteiger partial charge >= 0.3 is 0 Å². The Labute approximate surface area is 183 Å². The first-order valence-corrected chi connectivity index (χ1v) is 11.4. The van der Waals surface area contributed by atoms with Crippen molar-refractivity contribution < 1.29 is 9.53 Å². The van der Waals surface area contributed by atoms with Gasteiger partial charge in [0.2, 0.25) is 5.91 Å². The van der Waals surface area contributed by atoms with E-state index >= 15 is 0 Å². The molecule has 1 aliphatic carbocycles. The van der Waals surface area contributed by atoms with Crippen LogP contribution in [0.3, 0.4) is 0 Å². The van der Waals surface area contributed by atoms with Gasteiger partial charge in [0.15, 0.2) is 0 Å². The third kappa shape index (κ3) is 4.45. The second-order valence-electron chi connectivity index (χ2n) is 8.56. The minimum Gasteiger partial charge on any atom is -0.490 e.